The molecule has 6 heteroatoms. The van der Waals surface area contributed by atoms with Crippen LogP contribution in [0.15, 0.2) is 36.7 Å². The van der Waals surface area contributed by atoms with E-state index in [1.54, 1.807) is 12.4 Å². The number of fused-ring (bicyclic) bond motifs is 1. The van der Waals surface area contributed by atoms with Gasteiger partial charge in [0.05, 0.1) is 12.4 Å². The predicted octanol–water partition coefficient (Wildman–Crippen LogP) is 1.82. The number of aromatic nitrogens is 2. The molecule has 0 N–H and O–H groups in total. The summed E-state index contributed by atoms with van der Waals surface area (Å²) >= 11 is 0. The molecule has 0 aliphatic carbocycles. The predicted molar refractivity (Wildman–Crippen MR) is 98.2 cm³/mol. The summed E-state index contributed by atoms with van der Waals surface area (Å²) < 4.78 is 0. The van der Waals surface area contributed by atoms with E-state index in [-0.39, 0.29) is 11.9 Å². The second kappa shape index (κ2) is 6.44. The maximum atomic E-state index is 13.0. The van der Waals surface area contributed by atoms with Crippen molar-refractivity contribution in [3.05, 3.63) is 47.9 Å². The van der Waals surface area contributed by atoms with Crippen molar-refractivity contribution in [2.24, 2.45) is 0 Å². The zero-order valence-electron chi connectivity index (χ0n) is 14.7. The quantitative estimate of drug-likeness (QED) is 0.837. The molecule has 0 bridgehead atoms. The maximum Gasteiger partial charge on any atom is 0.278 e. The topological polar surface area (TPSA) is 52.6 Å². The summed E-state index contributed by atoms with van der Waals surface area (Å²) in [6, 6.07) is 8.22. The normalized spacial score (nSPS) is 20.6. The minimum absolute atomic E-state index is 0.0742. The standard InChI is InChI=1S/C19H23N5O/c1-14-11-15-5-3-4-6-17(15)24(14)19(25)16-12-21-18(13-20-16)23-9-7-22(2)8-10-23/h3-6,12-14H,7-11H2,1-2H3. The summed E-state index contributed by atoms with van der Waals surface area (Å²) in [6.07, 6.45) is 4.23. The van der Waals surface area contributed by atoms with Crippen LogP contribution in [0, 0.1) is 0 Å². The first-order chi connectivity index (χ1) is 12.1. The minimum atomic E-state index is -0.0742. The Hall–Kier alpha value is -2.47. The van der Waals surface area contributed by atoms with Gasteiger partial charge >= 0.3 is 0 Å². The highest BCUT2D eigenvalue weighted by atomic mass is 16.2. The van der Waals surface area contributed by atoms with E-state index in [4.69, 9.17) is 0 Å². The number of carbonyl (C=O) groups excluding carboxylic acids is 1. The Morgan fingerprint density at radius 3 is 2.56 bits per heavy atom. The molecule has 1 atom stereocenters. The monoisotopic (exact) mass is 337 g/mol. The fourth-order valence-electron chi connectivity index (χ4n) is 3.63. The van der Waals surface area contributed by atoms with E-state index in [0.717, 1.165) is 44.1 Å². The van der Waals surface area contributed by atoms with Gasteiger partial charge < -0.3 is 14.7 Å². The number of piperazine rings is 1. The molecule has 2 aliphatic rings. The number of nitrogens with zero attached hydrogens (tertiary/aromatic N) is 5. The summed E-state index contributed by atoms with van der Waals surface area (Å²) in [5.41, 5.74) is 2.61. The molecule has 1 aromatic carbocycles. The van der Waals surface area contributed by atoms with Crippen molar-refractivity contribution in [2.45, 2.75) is 19.4 Å². The SMILES string of the molecule is CC1Cc2ccccc2N1C(=O)c1cnc(N2CCN(C)CC2)cn1. The Morgan fingerprint density at radius 2 is 1.84 bits per heavy atom. The Bertz CT molecular complexity index is 768. The summed E-state index contributed by atoms with van der Waals surface area (Å²) in [5, 5.41) is 0. The Labute approximate surface area is 148 Å². The van der Waals surface area contributed by atoms with E-state index in [2.05, 4.69) is 39.8 Å². The van der Waals surface area contributed by atoms with E-state index in [9.17, 15) is 4.79 Å². The molecular formula is C19H23N5O. The number of hydrogen-bond acceptors (Lipinski definition) is 5. The highest BCUT2D eigenvalue weighted by Gasteiger charge is 2.32. The van der Waals surface area contributed by atoms with E-state index < -0.39 is 0 Å². The number of likely N-dealkylation sites (N-methyl/N-ethyl adjacent to an activating group) is 1. The first-order valence-electron chi connectivity index (χ1n) is 8.80. The number of amides is 1. The fraction of sp³-hybridized carbons (Fsp3) is 0.421. The summed E-state index contributed by atoms with van der Waals surface area (Å²) in [7, 11) is 2.12. The smallest absolute Gasteiger partial charge is 0.278 e. The molecular weight excluding hydrogens is 314 g/mol. The number of benzene rings is 1. The molecule has 0 radical (unpaired) electrons. The molecule has 130 valence electrons. The van der Waals surface area contributed by atoms with Crippen LogP contribution in [-0.4, -0.2) is 60.0 Å². The third kappa shape index (κ3) is 2.98. The molecule has 4 rings (SSSR count). The minimum Gasteiger partial charge on any atom is -0.353 e. The molecule has 1 unspecified atom stereocenters. The van der Waals surface area contributed by atoms with Gasteiger partial charge in [0.1, 0.15) is 11.5 Å². The van der Waals surface area contributed by atoms with Crippen molar-refractivity contribution in [1.82, 2.24) is 14.9 Å². The number of hydrogen-bond donors (Lipinski definition) is 0. The van der Waals surface area contributed by atoms with Crippen molar-refractivity contribution in [1.29, 1.82) is 0 Å². The van der Waals surface area contributed by atoms with E-state index in [0.29, 0.717) is 5.69 Å². The van der Waals surface area contributed by atoms with Crippen molar-refractivity contribution in [3.63, 3.8) is 0 Å². The van der Waals surface area contributed by atoms with Crippen LogP contribution in [0.4, 0.5) is 11.5 Å². The van der Waals surface area contributed by atoms with Crippen LogP contribution in [-0.2, 0) is 6.42 Å². The van der Waals surface area contributed by atoms with Gasteiger partial charge in [0.15, 0.2) is 0 Å². The van der Waals surface area contributed by atoms with E-state index in [1.165, 1.54) is 5.56 Å². The lowest BCUT2D eigenvalue weighted by molar-refractivity contribution is 0.0976. The number of rotatable bonds is 2. The average molecular weight is 337 g/mol. The van der Waals surface area contributed by atoms with Crippen LogP contribution in [0.2, 0.25) is 0 Å². The molecule has 6 nitrogen and oxygen atoms in total. The molecule has 2 aromatic rings. The number of carbonyl (C=O) groups is 1. The van der Waals surface area contributed by atoms with Gasteiger partial charge in [0.25, 0.3) is 5.91 Å². The van der Waals surface area contributed by atoms with Gasteiger partial charge in [-0.3, -0.25) is 4.79 Å². The highest BCUT2D eigenvalue weighted by Crippen LogP contribution is 2.32. The Morgan fingerprint density at radius 1 is 1.08 bits per heavy atom. The molecule has 1 aromatic heterocycles. The fourth-order valence-corrected chi connectivity index (χ4v) is 3.63. The van der Waals surface area contributed by atoms with Gasteiger partial charge in [-0.15, -0.1) is 0 Å². The van der Waals surface area contributed by atoms with Crippen LogP contribution in [0.1, 0.15) is 23.0 Å². The van der Waals surface area contributed by atoms with Gasteiger partial charge in [-0.05, 0) is 32.0 Å². The van der Waals surface area contributed by atoms with Crippen molar-refractivity contribution in [2.75, 3.05) is 43.0 Å². The van der Waals surface area contributed by atoms with Crippen LogP contribution >= 0.6 is 0 Å². The van der Waals surface area contributed by atoms with E-state index >= 15 is 0 Å². The largest absolute Gasteiger partial charge is 0.353 e. The zero-order chi connectivity index (χ0) is 17.4. The lowest BCUT2D eigenvalue weighted by Gasteiger charge is -2.33. The van der Waals surface area contributed by atoms with Crippen molar-refractivity contribution >= 4 is 17.4 Å². The molecule has 25 heavy (non-hydrogen) atoms. The lowest BCUT2D eigenvalue weighted by atomic mass is 10.1. The van der Waals surface area contributed by atoms with Crippen molar-refractivity contribution < 1.29 is 4.79 Å². The maximum absolute atomic E-state index is 13.0. The van der Waals surface area contributed by atoms with Gasteiger partial charge in [0.2, 0.25) is 0 Å². The van der Waals surface area contributed by atoms with Crippen LogP contribution in [0.25, 0.3) is 0 Å². The first kappa shape index (κ1) is 16.0. The molecule has 1 amide bonds. The first-order valence-corrected chi connectivity index (χ1v) is 8.80. The van der Waals surface area contributed by atoms with Crippen LogP contribution in [0.5, 0.6) is 0 Å². The van der Waals surface area contributed by atoms with Gasteiger partial charge in [-0.1, -0.05) is 18.2 Å². The van der Waals surface area contributed by atoms with Gasteiger partial charge in [0, 0.05) is 37.9 Å². The molecule has 3 heterocycles. The molecule has 0 spiro atoms. The molecule has 2 aliphatic heterocycles. The third-order valence-electron chi connectivity index (χ3n) is 5.11. The Balaban J connectivity index is 1.53. The summed E-state index contributed by atoms with van der Waals surface area (Å²) in [6.45, 7) is 5.99. The third-order valence-corrected chi connectivity index (χ3v) is 5.11. The van der Waals surface area contributed by atoms with E-state index in [1.807, 2.05) is 23.1 Å². The highest BCUT2D eigenvalue weighted by molar-refractivity contribution is 6.06. The average Bonchev–Trinajstić information content (AvgIpc) is 2.97. The van der Waals surface area contributed by atoms with Crippen molar-refractivity contribution in [3.8, 4) is 0 Å². The number of para-hydroxylation sites is 1. The molecule has 1 saturated heterocycles. The molecule has 1 fully saturated rings. The van der Waals surface area contributed by atoms with Crippen LogP contribution in [0.3, 0.4) is 0 Å². The van der Waals surface area contributed by atoms with Gasteiger partial charge in [-0.25, -0.2) is 9.97 Å². The molecule has 0 saturated carbocycles. The zero-order valence-corrected chi connectivity index (χ0v) is 14.7. The summed E-state index contributed by atoms with van der Waals surface area (Å²) in [5.74, 6) is 0.773. The van der Waals surface area contributed by atoms with Gasteiger partial charge in [-0.2, -0.15) is 0 Å². The second-order valence-electron chi connectivity index (χ2n) is 6.91. The Kier molecular flexibility index (Phi) is 4.13. The second-order valence-corrected chi connectivity index (χ2v) is 6.91. The lowest BCUT2D eigenvalue weighted by Crippen LogP contribution is -2.45. The van der Waals surface area contributed by atoms with Crippen LogP contribution < -0.4 is 9.80 Å². The summed E-state index contributed by atoms with van der Waals surface area (Å²) in [4.78, 5) is 28.2. The number of anilines is 2.